The van der Waals surface area contributed by atoms with E-state index in [-0.39, 0.29) is 5.91 Å². The summed E-state index contributed by atoms with van der Waals surface area (Å²) in [5.41, 5.74) is 8.06. The van der Waals surface area contributed by atoms with Gasteiger partial charge in [0.05, 0.1) is 10.6 Å². The molecule has 0 spiro atoms. The predicted octanol–water partition coefficient (Wildman–Crippen LogP) is 4.35. The lowest BCUT2D eigenvalue weighted by Crippen LogP contribution is -2.30. The summed E-state index contributed by atoms with van der Waals surface area (Å²) in [6.07, 6.45) is 0. The molecule has 0 fully saturated rings. The molecule has 1 amide bonds. The van der Waals surface area contributed by atoms with Gasteiger partial charge in [-0.15, -0.1) is 0 Å². The number of carbonyl (C=O) groups excluding carboxylic acids is 1. The average Bonchev–Trinajstić information content (AvgIpc) is 2.46. The van der Waals surface area contributed by atoms with E-state index >= 15 is 0 Å². The van der Waals surface area contributed by atoms with Crippen LogP contribution in [0.15, 0.2) is 46.9 Å². The number of anilines is 1. The summed E-state index contributed by atoms with van der Waals surface area (Å²) >= 11 is 9.49. The van der Waals surface area contributed by atoms with Crippen LogP contribution in [0.1, 0.15) is 22.8 Å². The van der Waals surface area contributed by atoms with Crippen molar-refractivity contribution in [2.75, 3.05) is 12.3 Å². The van der Waals surface area contributed by atoms with Gasteiger partial charge in [0.2, 0.25) is 0 Å². The van der Waals surface area contributed by atoms with Crippen molar-refractivity contribution in [1.82, 2.24) is 4.90 Å². The van der Waals surface area contributed by atoms with E-state index in [0.717, 1.165) is 10.0 Å². The maximum absolute atomic E-state index is 12.6. The molecule has 0 heterocycles. The van der Waals surface area contributed by atoms with Crippen LogP contribution in [-0.4, -0.2) is 17.4 Å². The Morgan fingerprint density at radius 1 is 1.29 bits per heavy atom. The lowest BCUT2D eigenvalue weighted by atomic mass is 10.1. The zero-order valence-electron chi connectivity index (χ0n) is 11.6. The highest BCUT2D eigenvalue weighted by Crippen LogP contribution is 2.23. The first-order valence-electron chi connectivity index (χ1n) is 6.60. The van der Waals surface area contributed by atoms with Crippen LogP contribution in [0.5, 0.6) is 0 Å². The van der Waals surface area contributed by atoms with Crippen LogP contribution < -0.4 is 5.73 Å². The Bertz CT molecular complexity index is 660. The number of hydrogen-bond acceptors (Lipinski definition) is 2. The highest BCUT2D eigenvalue weighted by molar-refractivity contribution is 9.10. The zero-order valence-corrected chi connectivity index (χ0v) is 14.0. The van der Waals surface area contributed by atoms with Crippen LogP contribution in [0.4, 0.5) is 5.69 Å². The number of benzene rings is 2. The van der Waals surface area contributed by atoms with Crippen molar-refractivity contribution in [3.63, 3.8) is 0 Å². The van der Waals surface area contributed by atoms with Crippen LogP contribution >= 0.6 is 27.5 Å². The molecule has 110 valence electrons. The first-order valence-corrected chi connectivity index (χ1v) is 7.77. The number of nitrogen functional groups attached to an aromatic ring is 1. The van der Waals surface area contributed by atoms with E-state index < -0.39 is 0 Å². The molecule has 5 heteroatoms. The Morgan fingerprint density at radius 2 is 2.00 bits per heavy atom. The van der Waals surface area contributed by atoms with Crippen LogP contribution in [-0.2, 0) is 6.54 Å². The first kappa shape index (κ1) is 15.9. The molecule has 3 nitrogen and oxygen atoms in total. The molecule has 0 atom stereocenters. The van der Waals surface area contributed by atoms with Crippen molar-refractivity contribution in [2.45, 2.75) is 13.5 Å². The molecule has 2 rings (SSSR count). The van der Waals surface area contributed by atoms with Crippen molar-refractivity contribution in [1.29, 1.82) is 0 Å². The molecule has 21 heavy (non-hydrogen) atoms. The summed E-state index contributed by atoms with van der Waals surface area (Å²) in [5.74, 6) is -0.0988. The molecule has 0 bridgehead atoms. The molecular weight excluding hydrogens is 352 g/mol. The smallest absolute Gasteiger partial charge is 0.255 e. The Balaban J connectivity index is 2.25. The molecule has 2 aromatic carbocycles. The van der Waals surface area contributed by atoms with Crippen molar-refractivity contribution in [2.24, 2.45) is 0 Å². The lowest BCUT2D eigenvalue weighted by molar-refractivity contribution is 0.0753. The van der Waals surface area contributed by atoms with E-state index in [2.05, 4.69) is 15.9 Å². The molecule has 2 N–H and O–H groups in total. The van der Waals surface area contributed by atoms with E-state index in [9.17, 15) is 4.79 Å². The van der Waals surface area contributed by atoms with E-state index in [0.29, 0.717) is 29.4 Å². The third kappa shape index (κ3) is 3.77. The fraction of sp³-hybridized carbons (Fsp3) is 0.188. The Morgan fingerprint density at radius 3 is 2.62 bits per heavy atom. The standard InChI is InChI=1S/C16H16BrClN2O/c1-2-20(10-11-5-3-4-6-15(11)19)16(21)13-8-7-12(17)9-14(13)18/h3-9H,2,10,19H2,1H3. The number of rotatable bonds is 4. The van der Waals surface area contributed by atoms with Gasteiger partial charge in [-0.25, -0.2) is 0 Å². The molecule has 0 saturated heterocycles. The number of hydrogen-bond donors (Lipinski definition) is 1. The van der Waals surface area contributed by atoms with E-state index in [1.165, 1.54) is 0 Å². The normalized spacial score (nSPS) is 10.4. The number of amides is 1. The molecular formula is C16H16BrClN2O. The Hall–Kier alpha value is -1.52. The predicted molar refractivity (Wildman–Crippen MR) is 90.4 cm³/mol. The van der Waals surface area contributed by atoms with Crippen molar-refractivity contribution < 1.29 is 4.79 Å². The van der Waals surface area contributed by atoms with E-state index in [4.69, 9.17) is 17.3 Å². The number of halogens is 2. The maximum Gasteiger partial charge on any atom is 0.255 e. The first-order chi connectivity index (χ1) is 10.0. The second kappa shape index (κ2) is 6.96. The number of carbonyl (C=O) groups is 1. The van der Waals surface area contributed by atoms with Crippen molar-refractivity contribution >= 4 is 39.1 Å². The Kier molecular flexibility index (Phi) is 5.26. The van der Waals surface area contributed by atoms with Gasteiger partial charge in [0, 0.05) is 23.2 Å². The molecule has 0 aliphatic heterocycles. The molecule has 0 aliphatic rings. The molecule has 0 aromatic heterocycles. The third-order valence-corrected chi connectivity index (χ3v) is 4.05. The van der Waals surface area contributed by atoms with Crippen LogP contribution in [0.25, 0.3) is 0 Å². The van der Waals surface area contributed by atoms with Gasteiger partial charge in [-0.1, -0.05) is 45.7 Å². The fourth-order valence-corrected chi connectivity index (χ4v) is 2.80. The van der Waals surface area contributed by atoms with Gasteiger partial charge in [-0.3, -0.25) is 4.79 Å². The van der Waals surface area contributed by atoms with Crippen molar-refractivity contribution in [3.8, 4) is 0 Å². The summed E-state index contributed by atoms with van der Waals surface area (Å²) in [4.78, 5) is 14.3. The van der Waals surface area contributed by atoms with Crippen LogP contribution in [0, 0.1) is 0 Å². The van der Waals surface area contributed by atoms with Gasteiger partial charge < -0.3 is 10.6 Å². The topological polar surface area (TPSA) is 46.3 Å². The van der Waals surface area contributed by atoms with E-state index in [1.54, 1.807) is 17.0 Å². The summed E-state index contributed by atoms with van der Waals surface area (Å²) in [6, 6.07) is 12.8. The summed E-state index contributed by atoms with van der Waals surface area (Å²) in [6.45, 7) is 2.98. The van der Waals surface area contributed by atoms with Gasteiger partial charge in [0.1, 0.15) is 0 Å². The SMILES string of the molecule is CCN(Cc1ccccc1N)C(=O)c1ccc(Br)cc1Cl. The lowest BCUT2D eigenvalue weighted by Gasteiger charge is -2.22. The maximum atomic E-state index is 12.6. The van der Waals surface area contributed by atoms with Gasteiger partial charge in [-0.05, 0) is 36.8 Å². The average molecular weight is 368 g/mol. The second-order valence-electron chi connectivity index (χ2n) is 4.64. The number of nitrogens with zero attached hydrogens (tertiary/aromatic N) is 1. The monoisotopic (exact) mass is 366 g/mol. The highest BCUT2D eigenvalue weighted by atomic mass is 79.9. The van der Waals surface area contributed by atoms with Gasteiger partial charge in [-0.2, -0.15) is 0 Å². The van der Waals surface area contributed by atoms with Gasteiger partial charge >= 0.3 is 0 Å². The Labute approximate surface area is 137 Å². The summed E-state index contributed by atoms with van der Waals surface area (Å²) in [7, 11) is 0. The molecule has 0 unspecified atom stereocenters. The molecule has 2 aromatic rings. The van der Waals surface area contributed by atoms with Crippen LogP contribution in [0.3, 0.4) is 0 Å². The summed E-state index contributed by atoms with van der Waals surface area (Å²) in [5, 5.41) is 0.439. The zero-order chi connectivity index (χ0) is 15.4. The fourth-order valence-electron chi connectivity index (χ4n) is 2.04. The number of nitrogens with two attached hydrogens (primary N) is 1. The van der Waals surface area contributed by atoms with Gasteiger partial charge in [0.25, 0.3) is 5.91 Å². The number of para-hydroxylation sites is 1. The second-order valence-corrected chi connectivity index (χ2v) is 5.97. The minimum absolute atomic E-state index is 0.0988. The quantitative estimate of drug-likeness (QED) is 0.817. The van der Waals surface area contributed by atoms with Gasteiger partial charge in [0.15, 0.2) is 0 Å². The van der Waals surface area contributed by atoms with Crippen LogP contribution in [0.2, 0.25) is 5.02 Å². The van der Waals surface area contributed by atoms with E-state index in [1.807, 2.05) is 37.3 Å². The minimum atomic E-state index is -0.0988. The molecule has 0 radical (unpaired) electrons. The largest absolute Gasteiger partial charge is 0.398 e. The third-order valence-electron chi connectivity index (χ3n) is 3.25. The minimum Gasteiger partial charge on any atom is -0.398 e. The molecule has 0 aliphatic carbocycles. The van der Waals surface area contributed by atoms with Crippen molar-refractivity contribution in [3.05, 3.63) is 63.1 Å². The molecule has 0 saturated carbocycles. The highest BCUT2D eigenvalue weighted by Gasteiger charge is 2.18. The summed E-state index contributed by atoms with van der Waals surface area (Å²) < 4.78 is 0.847.